The van der Waals surface area contributed by atoms with Crippen molar-refractivity contribution >= 4 is 5.91 Å². The van der Waals surface area contributed by atoms with E-state index < -0.39 is 0 Å². The van der Waals surface area contributed by atoms with Gasteiger partial charge in [0.15, 0.2) is 0 Å². The molecule has 0 radical (unpaired) electrons. The van der Waals surface area contributed by atoms with Gasteiger partial charge in [-0.1, -0.05) is 0 Å². The second-order valence-electron chi connectivity index (χ2n) is 4.46. The van der Waals surface area contributed by atoms with Crippen LogP contribution in [0.15, 0.2) is 0 Å². The van der Waals surface area contributed by atoms with Crippen LogP contribution in [0.2, 0.25) is 0 Å². The third kappa shape index (κ3) is 3.92. The fraction of sp³-hybridized carbons (Fsp3) is 0.909. The van der Waals surface area contributed by atoms with E-state index in [0.29, 0.717) is 12.5 Å². The minimum Gasteiger partial charge on any atom is -0.377 e. The van der Waals surface area contributed by atoms with E-state index in [0.717, 1.165) is 19.5 Å². The Bertz CT molecular complexity index is 238. The van der Waals surface area contributed by atoms with Crippen molar-refractivity contribution in [3.05, 3.63) is 0 Å². The molecule has 17 heavy (non-hydrogen) atoms. The van der Waals surface area contributed by atoms with E-state index in [4.69, 9.17) is 15.3 Å². The highest BCUT2D eigenvalue weighted by atomic mass is 16.5. The number of rotatable bonds is 6. The summed E-state index contributed by atoms with van der Waals surface area (Å²) >= 11 is 0. The lowest BCUT2D eigenvalue weighted by molar-refractivity contribution is -0.121. The van der Waals surface area contributed by atoms with Crippen LogP contribution in [0, 0.1) is 0 Å². The van der Waals surface area contributed by atoms with Gasteiger partial charge in [0.2, 0.25) is 5.91 Å². The summed E-state index contributed by atoms with van der Waals surface area (Å²) in [6.45, 7) is 3.80. The average Bonchev–Trinajstić information content (AvgIpc) is 2.78. The van der Waals surface area contributed by atoms with Crippen LogP contribution in [-0.4, -0.2) is 56.4 Å². The van der Waals surface area contributed by atoms with Gasteiger partial charge < -0.3 is 9.47 Å². The third-order valence-electron chi connectivity index (χ3n) is 3.42. The van der Waals surface area contributed by atoms with Gasteiger partial charge in [-0.25, -0.2) is 5.84 Å². The van der Waals surface area contributed by atoms with Crippen molar-refractivity contribution in [3.63, 3.8) is 0 Å². The summed E-state index contributed by atoms with van der Waals surface area (Å²) in [5.41, 5.74) is 2.14. The maximum Gasteiger partial charge on any atom is 0.233 e. The Hall–Kier alpha value is -0.690. The number of carbonyl (C=O) groups excluding carboxylic acids is 1. The minimum atomic E-state index is -0.123. The molecule has 3 atom stereocenters. The highest BCUT2D eigenvalue weighted by Crippen LogP contribution is 2.19. The molecule has 100 valence electrons. The molecule has 1 rings (SSSR count). The highest BCUT2D eigenvalue weighted by molar-refractivity contribution is 5.75. The van der Waals surface area contributed by atoms with Crippen LogP contribution in [0.1, 0.15) is 19.8 Å². The van der Waals surface area contributed by atoms with Crippen LogP contribution in [-0.2, 0) is 14.3 Å². The molecular formula is C11H23N3O3. The molecule has 1 heterocycles. The number of hydrogen-bond acceptors (Lipinski definition) is 5. The number of likely N-dealkylation sites (tertiary alicyclic amines) is 1. The lowest BCUT2D eigenvalue weighted by Crippen LogP contribution is -2.35. The van der Waals surface area contributed by atoms with Gasteiger partial charge in [-0.15, -0.1) is 0 Å². The first-order chi connectivity index (χ1) is 8.12. The van der Waals surface area contributed by atoms with Gasteiger partial charge in [0.25, 0.3) is 0 Å². The van der Waals surface area contributed by atoms with Crippen LogP contribution < -0.4 is 11.3 Å². The van der Waals surface area contributed by atoms with Crippen molar-refractivity contribution in [1.29, 1.82) is 0 Å². The molecule has 1 fully saturated rings. The van der Waals surface area contributed by atoms with E-state index >= 15 is 0 Å². The van der Waals surface area contributed by atoms with Crippen molar-refractivity contribution in [2.45, 2.75) is 38.0 Å². The molecular weight excluding hydrogens is 222 g/mol. The quantitative estimate of drug-likeness (QED) is 0.374. The zero-order valence-corrected chi connectivity index (χ0v) is 10.8. The van der Waals surface area contributed by atoms with Crippen LogP contribution in [0.4, 0.5) is 0 Å². The van der Waals surface area contributed by atoms with Crippen LogP contribution in [0.3, 0.4) is 0 Å². The van der Waals surface area contributed by atoms with Gasteiger partial charge in [0, 0.05) is 39.8 Å². The topological polar surface area (TPSA) is 76.8 Å². The molecule has 0 bridgehead atoms. The zero-order chi connectivity index (χ0) is 12.8. The number of nitrogens with two attached hydrogens (primary N) is 1. The largest absolute Gasteiger partial charge is 0.377 e. The van der Waals surface area contributed by atoms with E-state index in [9.17, 15) is 4.79 Å². The molecule has 1 aliphatic rings. The van der Waals surface area contributed by atoms with E-state index in [1.54, 1.807) is 14.2 Å². The fourth-order valence-electron chi connectivity index (χ4n) is 2.18. The predicted octanol–water partition coefficient (Wildman–Crippen LogP) is -0.509. The summed E-state index contributed by atoms with van der Waals surface area (Å²) in [7, 11) is 3.40. The zero-order valence-electron chi connectivity index (χ0n) is 10.8. The molecule has 0 aromatic rings. The Morgan fingerprint density at radius 2 is 1.94 bits per heavy atom. The van der Waals surface area contributed by atoms with E-state index in [1.807, 2.05) is 0 Å². The SMILES string of the molecule is COC1CN(C(C)CCC(=O)NN)CC1OC. The first-order valence-electron chi connectivity index (χ1n) is 5.91. The summed E-state index contributed by atoms with van der Waals surface area (Å²) in [6.07, 6.45) is 1.47. The number of ether oxygens (including phenoxy) is 2. The first-order valence-corrected chi connectivity index (χ1v) is 5.91. The minimum absolute atomic E-state index is 0.116. The lowest BCUT2D eigenvalue weighted by atomic mass is 10.1. The molecule has 3 N–H and O–H groups in total. The Morgan fingerprint density at radius 1 is 1.41 bits per heavy atom. The number of nitrogens with one attached hydrogen (secondary N) is 1. The molecule has 3 unspecified atom stereocenters. The smallest absolute Gasteiger partial charge is 0.233 e. The molecule has 0 saturated carbocycles. The maximum absolute atomic E-state index is 11.1. The standard InChI is InChI=1S/C11H23N3O3/c1-8(4-5-11(15)13-12)14-6-9(16-2)10(7-14)17-3/h8-10H,4-7,12H2,1-3H3,(H,13,15). The molecule has 0 spiro atoms. The lowest BCUT2D eigenvalue weighted by Gasteiger charge is -2.23. The number of hydrazine groups is 1. The number of carbonyl (C=O) groups is 1. The summed E-state index contributed by atoms with van der Waals surface area (Å²) in [6, 6.07) is 0.324. The monoisotopic (exact) mass is 245 g/mol. The number of nitrogens with zero attached hydrogens (tertiary/aromatic N) is 1. The third-order valence-corrected chi connectivity index (χ3v) is 3.42. The molecule has 6 nitrogen and oxygen atoms in total. The average molecular weight is 245 g/mol. The Kier molecular flexibility index (Phi) is 5.84. The molecule has 6 heteroatoms. The van der Waals surface area contributed by atoms with E-state index in [-0.39, 0.29) is 18.1 Å². The van der Waals surface area contributed by atoms with Crippen molar-refractivity contribution in [2.24, 2.45) is 5.84 Å². The van der Waals surface area contributed by atoms with Gasteiger partial charge in [0.05, 0.1) is 12.2 Å². The Balaban J connectivity index is 2.38. The normalized spacial score (nSPS) is 27.1. The maximum atomic E-state index is 11.1. The number of amides is 1. The van der Waals surface area contributed by atoms with Crippen LogP contribution >= 0.6 is 0 Å². The van der Waals surface area contributed by atoms with Crippen molar-refractivity contribution in [2.75, 3.05) is 27.3 Å². The van der Waals surface area contributed by atoms with Gasteiger partial charge in [-0.2, -0.15) is 0 Å². The van der Waals surface area contributed by atoms with Gasteiger partial charge >= 0.3 is 0 Å². The first kappa shape index (κ1) is 14.4. The van der Waals surface area contributed by atoms with Gasteiger partial charge in [-0.05, 0) is 13.3 Å². The Morgan fingerprint density at radius 3 is 2.35 bits per heavy atom. The second-order valence-corrected chi connectivity index (χ2v) is 4.46. The molecule has 0 aromatic heterocycles. The van der Waals surface area contributed by atoms with Gasteiger partial charge in [-0.3, -0.25) is 15.1 Å². The summed E-state index contributed by atoms with van der Waals surface area (Å²) in [5, 5.41) is 0. The number of hydrogen-bond donors (Lipinski definition) is 2. The van der Waals surface area contributed by atoms with E-state index in [1.165, 1.54) is 0 Å². The Labute approximate surface area is 102 Å². The predicted molar refractivity (Wildman–Crippen MR) is 64.2 cm³/mol. The van der Waals surface area contributed by atoms with E-state index in [2.05, 4.69) is 17.2 Å². The van der Waals surface area contributed by atoms with Gasteiger partial charge in [0.1, 0.15) is 0 Å². The second kappa shape index (κ2) is 6.90. The fourth-order valence-corrected chi connectivity index (χ4v) is 2.18. The summed E-state index contributed by atoms with van der Waals surface area (Å²) < 4.78 is 10.8. The molecule has 0 aromatic carbocycles. The van der Waals surface area contributed by atoms with Crippen molar-refractivity contribution < 1.29 is 14.3 Å². The number of methoxy groups -OCH3 is 2. The molecule has 1 saturated heterocycles. The summed E-state index contributed by atoms with van der Waals surface area (Å²) in [5.74, 6) is 4.92. The van der Waals surface area contributed by atoms with Crippen molar-refractivity contribution in [1.82, 2.24) is 10.3 Å². The highest BCUT2D eigenvalue weighted by Gasteiger charge is 2.34. The van der Waals surface area contributed by atoms with Crippen LogP contribution in [0.5, 0.6) is 0 Å². The van der Waals surface area contributed by atoms with Crippen molar-refractivity contribution in [3.8, 4) is 0 Å². The summed E-state index contributed by atoms with van der Waals surface area (Å²) in [4.78, 5) is 13.4. The molecule has 1 aliphatic heterocycles. The molecule has 0 aliphatic carbocycles. The van der Waals surface area contributed by atoms with Crippen LogP contribution in [0.25, 0.3) is 0 Å². The molecule has 1 amide bonds.